The van der Waals surface area contributed by atoms with Crippen LogP contribution in [-0.4, -0.2) is 59.5 Å². The fourth-order valence-corrected chi connectivity index (χ4v) is 3.37. The smallest absolute Gasteiger partial charge is 0.242 e. The van der Waals surface area contributed by atoms with E-state index >= 15 is 0 Å². The average molecular weight is 442 g/mol. The molecular weight excluding hydrogens is 411 g/mol. The van der Waals surface area contributed by atoms with E-state index in [9.17, 15) is 4.79 Å². The lowest BCUT2D eigenvalue weighted by Crippen LogP contribution is -2.48. The Morgan fingerprint density at radius 3 is 2.59 bits per heavy atom. The van der Waals surface area contributed by atoms with Crippen LogP contribution in [0.2, 0.25) is 0 Å². The first-order valence-corrected chi connectivity index (χ1v) is 8.86. The minimum absolute atomic E-state index is 0. The first kappa shape index (κ1) is 21.8. The molecule has 0 aromatic heterocycles. The van der Waals surface area contributed by atoms with Gasteiger partial charge in [-0.15, -0.1) is 24.0 Å². The lowest BCUT2D eigenvalue weighted by atomic mass is 10.1. The van der Waals surface area contributed by atoms with E-state index in [0.717, 1.165) is 31.3 Å². The molecule has 1 heterocycles. The Hall–Kier alpha value is -0.180. The van der Waals surface area contributed by atoms with Crippen LogP contribution in [0.25, 0.3) is 0 Å². The van der Waals surface area contributed by atoms with Crippen LogP contribution in [0.3, 0.4) is 0 Å². The normalized spacial score (nSPS) is 19.4. The minimum Gasteiger partial charge on any atom is -0.357 e. The van der Waals surface area contributed by atoms with Crippen molar-refractivity contribution in [2.24, 2.45) is 4.99 Å². The molecule has 1 unspecified atom stereocenters. The Bertz CT molecular complexity index is 371. The summed E-state index contributed by atoms with van der Waals surface area (Å²) in [4.78, 5) is 18.7. The number of nitrogens with zero attached hydrogens (tertiary/aromatic N) is 2. The Labute approximate surface area is 156 Å². The molecule has 0 aliphatic carbocycles. The number of hydrogen-bond donors (Lipinski definition) is 2. The fraction of sp³-hybridized carbons (Fsp3) is 0.867. The van der Waals surface area contributed by atoms with Crippen molar-refractivity contribution < 1.29 is 4.79 Å². The molecule has 0 aromatic rings. The van der Waals surface area contributed by atoms with E-state index in [1.807, 2.05) is 32.5 Å². The number of hydrogen-bond acceptors (Lipinski definition) is 3. The number of nitrogens with one attached hydrogen (secondary N) is 2. The molecular formula is C15H31IN4OS. The van der Waals surface area contributed by atoms with Gasteiger partial charge in [0.1, 0.15) is 6.54 Å². The molecule has 7 heteroatoms. The molecule has 5 nitrogen and oxygen atoms in total. The number of halogens is 1. The quantitative estimate of drug-likeness (QED) is 0.399. The maximum Gasteiger partial charge on any atom is 0.242 e. The second-order valence-electron chi connectivity index (χ2n) is 6.32. The van der Waals surface area contributed by atoms with Gasteiger partial charge < -0.3 is 15.5 Å². The van der Waals surface area contributed by atoms with E-state index in [1.165, 1.54) is 6.42 Å². The summed E-state index contributed by atoms with van der Waals surface area (Å²) in [5, 5.41) is 6.90. The second kappa shape index (κ2) is 10.6. The molecule has 0 radical (unpaired) electrons. The molecule has 0 aromatic carbocycles. The van der Waals surface area contributed by atoms with Crippen molar-refractivity contribution in [2.45, 2.75) is 51.8 Å². The highest BCUT2D eigenvalue weighted by Crippen LogP contribution is 2.20. The number of carbonyl (C=O) groups excluding carboxylic acids is 1. The first-order valence-electron chi connectivity index (χ1n) is 7.81. The summed E-state index contributed by atoms with van der Waals surface area (Å²) in [5.41, 5.74) is -0.208. The zero-order valence-electron chi connectivity index (χ0n) is 14.4. The van der Waals surface area contributed by atoms with Crippen LogP contribution in [0, 0.1) is 0 Å². The molecule has 1 rings (SSSR count). The third-order valence-electron chi connectivity index (χ3n) is 3.12. The minimum atomic E-state index is -0.208. The second-order valence-corrected chi connectivity index (χ2v) is 7.72. The number of aliphatic imine (C=N–C) groups is 1. The summed E-state index contributed by atoms with van der Waals surface area (Å²) in [6.07, 6.45) is 1.17. The van der Waals surface area contributed by atoms with Crippen molar-refractivity contribution in [3.8, 4) is 0 Å². The van der Waals surface area contributed by atoms with Gasteiger partial charge in [-0.2, -0.15) is 11.8 Å². The number of thioether (sulfide) groups is 1. The monoisotopic (exact) mass is 442 g/mol. The van der Waals surface area contributed by atoms with E-state index in [4.69, 9.17) is 0 Å². The highest BCUT2D eigenvalue weighted by Gasteiger charge is 2.22. The zero-order valence-corrected chi connectivity index (χ0v) is 17.6. The Kier molecular flexibility index (Phi) is 10.5. The van der Waals surface area contributed by atoms with Gasteiger partial charge in [-0.05, 0) is 34.1 Å². The first-order chi connectivity index (χ1) is 9.85. The van der Waals surface area contributed by atoms with Crippen molar-refractivity contribution in [3.63, 3.8) is 0 Å². The summed E-state index contributed by atoms with van der Waals surface area (Å²) < 4.78 is 0. The topological polar surface area (TPSA) is 56.7 Å². The van der Waals surface area contributed by atoms with Gasteiger partial charge in [-0.1, -0.05) is 6.92 Å². The van der Waals surface area contributed by atoms with E-state index in [1.54, 1.807) is 0 Å². The van der Waals surface area contributed by atoms with Gasteiger partial charge in [0.2, 0.25) is 5.91 Å². The van der Waals surface area contributed by atoms with Gasteiger partial charge in [0.25, 0.3) is 0 Å². The summed E-state index contributed by atoms with van der Waals surface area (Å²) in [6, 6.07) is 0. The van der Waals surface area contributed by atoms with Crippen molar-refractivity contribution in [2.75, 3.05) is 31.9 Å². The Morgan fingerprint density at radius 2 is 2.05 bits per heavy atom. The van der Waals surface area contributed by atoms with Gasteiger partial charge in [-0.25, -0.2) is 4.99 Å². The SMILES string of the molecule is CCNC(=NCC(=O)NC(C)(C)C)N1CCSC(CC)C1.I. The third kappa shape index (κ3) is 8.45. The maximum absolute atomic E-state index is 11.9. The highest BCUT2D eigenvalue weighted by molar-refractivity contribution is 14.0. The van der Waals surface area contributed by atoms with Crippen molar-refractivity contribution in [3.05, 3.63) is 0 Å². The number of amides is 1. The molecule has 1 amide bonds. The van der Waals surface area contributed by atoms with Gasteiger partial charge in [0.05, 0.1) is 0 Å². The molecule has 130 valence electrons. The van der Waals surface area contributed by atoms with Crippen molar-refractivity contribution >= 4 is 47.6 Å². The van der Waals surface area contributed by atoms with Crippen LogP contribution in [-0.2, 0) is 4.79 Å². The van der Waals surface area contributed by atoms with E-state index in [0.29, 0.717) is 5.25 Å². The van der Waals surface area contributed by atoms with Crippen molar-refractivity contribution in [1.29, 1.82) is 0 Å². The molecule has 0 bridgehead atoms. The van der Waals surface area contributed by atoms with Crippen molar-refractivity contribution in [1.82, 2.24) is 15.5 Å². The predicted molar refractivity (Wildman–Crippen MR) is 107 cm³/mol. The number of carbonyl (C=O) groups is 1. The summed E-state index contributed by atoms with van der Waals surface area (Å²) in [5.74, 6) is 1.95. The Balaban J connectivity index is 0.00000441. The van der Waals surface area contributed by atoms with Crippen LogP contribution in [0.5, 0.6) is 0 Å². The van der Waals surface area contributed by atoms with Crippen LogP contribution in [0.4, 0.5) is 0 Å². The molecule has 0 spiro atoms. The third-order valence-corrected chi connectivity index (χ3v) is 4.49. The molecule has 1 fully saturated rings. The van der Waals surface area contributed by atoms with Gasteiger partial charge in [0.15, 0.2) is 5.96 Å². The molecule has 1 aliphatic heterocycles. The van der Waals surface area contributed by atoms with E-state index < -0.39 is 0 Å². The zero-order chi connectivity index (χ0) is 15.9. The summed E-state index contributed by atoms with van der Waals surface area (Å²) >= 11 is 2.03. The lowest BCUT2D eigenvalue weighted by Gasteiger charge is -2.34. The van der Waals surface area contributed by atoms with Crippen LogP contribution < -0.4 is 10.6 Å². The Morgan fingerprint density at radius 1 is 1.36 bits per heavy atom. The van der Waals surface area contributed by atoms with Gasteiger partial charge >= 0.3 is 0 Å². The van der Waals surface area contributed by atoms with Gasteiger partial charge in [-0.3, -0.25) is 4.79 Å². The standard InChI is InChI=1S/C15H30N4OS.HI/c1-6-12-11-19(8-9-21-12)14(16-7-2)17-10-13(20)18-15(3,4)5;/h12H,6-11H2,1-5H3,(H,16,17)(H,18,20);1H. The molecule has 1 saturated heterocycles. The van der Waals surface area contributed by atoms with Crippen LogP contribution in [0.15, 0.2) is 4.99 Å². The summed E-state index contributed by atoms with van der Waals surface area (Å²) in [7, 11) is 0. The largest absolute Gasteiger partial charge is 0.357 e. The fourth-order valence-electron chi connectivity index (χ4n) is 2.19. The van der Waals surface area contributed by atoms with Crippen LogP contribution in [0.1, 0.15) is 41.0 Å². The molecule has 0 saturated carbocycles. The van der Waals surface area contributed by atoms with E-state index in [2.05, 4.69) is 34.4 Å². The number of guanidine groups is 1. The number of rotatable bonds is 4. The van der Waals surface area contributed by atoms with Gasteiger partial charge in [0, 0.05) is 36.2 Å². The van der Waals surface area contributed by atoms with Crippen LogP contribution >= 0.6 is 35.7 Å². The van der Waals surface area contributed by atoms with E-state index in [-0.39, 0.29) is 42.0 Å². The summed E-state index contributed by atoms with van der Waals surface area (Å²) in [6.45, 7) is 13.2. The molecule has 22 heavy (non-hydrogen) atoms. The molecule has 1 atom stereocenters. The molecule has 1 aliphatic rings. The predicted octanol–water partition coefficient (Wildman–Crippen LogP) is 2.31. The average Bonchev–Trinajstić information content (AvgIpc) is 2.41. The lowest BCUT2D eigenvalue weighted by molar-refractivity contribution is -0.121. The maximum atomic E-state index is 11.9. The highest BCUT2D eigenvalue weighted by atomic mass is 127. The molecule has 2 N–H and O–H groups in total.